The standard InChI is InChI=1S/C13H6Br2ClF2NO/c14-8-4-6(17)5-9(16)12(8)19-13(20)7-2-1-3-10(18)11(7)15/h1-5H,(H,19,20). The van der Waals surface area contributed by atoms with Crippen molar-refractivity contribution in [3.8, 4) is 0 Å². The van der Waals surface area contributed by atoms with Crippen molar-refractivity contribution in [1.82, 2.24) is 0 Å². The Bertz CT molecular complexity index is 671. The van der Waals surface area contributed by atoms with Crippen molar-refractivity contribution in [1.29, 1.82) is 0 Å². The molecule has 2 nitrogen and oxygen atoms in total. The SMILES string of the molecule is O=C(Nc1c(Cl)cc(F)cc1Br)c1cccc(F)c1Br. The highest BCUT2D eigenvalue weighted by atomic mass is 79.9. The molecule has 7 heteroatoms. The molecule has 0 aliphatic rings. The van der Waals surface area contributed by atoms with Crippen molar-refractivity contribution in [2.75, 3.05) is 5.32 Å². The van der Waals surface area contributed by atoms with Crippen LogP contribution in [0.1, 0.15) is 10.4 Å². The summed E-state index contributed by atoms with van der Waals surface area (Å²) in [6.45, 7) is 0. The van der Waals surface area contributed by atoms with Gasteiger partial charge in [-0.3, -0.25) is 4.79 Å². The van der Waals surface area contributed by atoms with E-state index in [2.05, 4.69) is 37.2 Å². The molecule has 104 valence electrons. The van der Waals surface area contributed by atoms with Gasteiger partial charge < -0.3 is 5.32 Å². The molecule has 0 unspecified atom stereocenters. The van der Waals surface area contributed by atoms with Gasteiger partial charge in [-0.1, -0.05) is 17.7 Å². The fourth-order valence-electron chi connectivity index (χ4n) is 1.52. The van der Waals surface area contributed by atoms with Crippen LogP contribution in [0.4, 0.5) is 14.5 Å². The van der Waals surface area contributed by atoms with Crippen LogP contribution in [0, 0.1) is 11.6 Å². The summed E-state index contributed by atoms with van der Waals surface area (Å²) < 4.78 is 26.8. The number of nitrogens with one attached hydrogen (secondary N) is 1. The summed E-state index contributed by atoms with van der Waals surface area (Å²) in [6, 6.07) is 6.33. The molecular formula is C13H6Br2ClF2NO. The van der Waals surface area contributed by atoms with Crippen molar-refractivity contribution < 1.29 is 13.6 Å². The Morgan fingerprint density at radius 3 is 2.55 bits per heavy atom. The van der Waals surface area contributed by atoms with E-state index >= 15 is 0 Å². The average Bonchev–Trinajstić information content (AvgIpc) is 2.36. The van der Waals surface area contributed by atoms with Crippen molar-refractivity contribution >= 4 is 55.1 Å². The van der Waals surface area contributed by atoms with Crippen LogP contribution in [0.15, 0.2) is 39.3 Å². The maximum Gasteiger partial charge on any atom is 0.256 e. The number of amides is 1. The zero-order chi connectivity index (χ0) is 14.9. The lowest BCUT2D eigenvalue weighted by Gasteiger charge is -2.11. The highest BCUT2D eigenvalue weighted by Crippen LogP contribution is 2.32. The van der Waals surface area contributed by atoms with Gasteiger partial charge in [0.2, 0.25) is 0 Å². The molecule has 0 aromatic heterocycles. The third-order valence-corrected chi connectivity index (χ3v) is 4.17. The van der Waals surface area contributed by atoms with Gasteiger partial charge in [-0.05, 0) is 56.1 Å². The van der Waals surface area contributed by atoms with Gasteiger partial charge in [-0.25, -0.2) is 8.78 Å². The first kappa shape index (κ1) is 15.4. The van der Waals surface area contributed by atoms with Gasteiger partial charge in [0.05, 0.1) is 20.7 Å². The summed E-state index contributed by atoms with van der Waals surface area (Å²) >= 11 is 12.0. The molecule has 0 spiro atoms. The number of hydrogen-bond acceptors (Lipinski definition) is 1. The molecular weight excluding hydrogens is 419 g/mol. The molecule has 1 amide bonds. The lowest BCUT2D eigenvalue weighted by molar-refractivity contribution is 0.102. The van der Waals surface area contributed by atoms with E-state index in [1.54, 1.807) is 0 Å². The third kappa shape index (κ3) is 3.19. The van der Waals surface area contributed by atoms with Crippen molar-refractivity contribution in [3.63, 3.8) is 0 Å². The zero-order valence-corrected chi connectivity index (χ0v) is 13.6. The molecule has 0 saturated heterocycles. The molecule has 0 atom stereocenters. The Labute approximate surface area is 135 Å². The highest BCUT2D eigenvalue weighted by Gasteiger charge is 2.16. The molecule has 0 radical (unpaired) electrons. The van der Waals surface area contributed by atoms with E-state index in [9.17, 15) is 13.6 Å². The molecule has 2 aromatic carbocycles. The quantitative estimate of drug-likeness (QED) is 0.686. The van der Waals surface area contributed by atoms with Gasteiger partial charge >= 0.3 is 0 Å². The number of benzene rings is 2. The fraction of sp³-hybridized carbons (Fsp3) is 0. The predicted octanol–water partition coefficient (Wildman–Crippen LogP) is 5.40. The number of carbonyl (C=O) groups is 1. The Hall–Kier alpha value is -0.980. The fourth-order valence-corrected chi connectivity index (χ4v) is 2.86. The summed E-state index contributed by atoms with van der Waals surface area (Å²) in [5, 5.41) is 2.55. The highest BCUT2D eigenvalue weighted by molar-refractivity contribution is 9.11. The van der Waals surface area contributed by atoms with Crippen LogP contribution in [-0.4, -0.2) is 5.91 Å². The molecule has 0 heterocycles. The topological polar surface area (TPSA) is 29.1 Å². The first-order valence-electron chi connectivity index (χ1n) is 5.30. The average molecular weight is 425 g/mol. The molecule has 2 rings (SSSR count). The van der Waals surface area contributed by atoms with Crippen LogP contribution < -0.4 is 5.32 Å². The van der Waals surface area contributed by atoms with Gasteiger partial charge in [-0.2, -0.15) is 0 Å². The molecule has 0 bridgehead atoms. The maximum atomic E-state index is 13.4. The van der Waals surface area contributed by atoms with Crippen LogP contribution in [0.2, 0.25) is 5.02 Å². The van der Waals surface area contributed by atoms with Crippen LogP contribution in [0.3, 0.4) is 0 Å². The van der Waals surface area contributed by atoms with E-state index in [0.29, 0.717) is 4.47 Å². The van der Waals surface area contributed by atoms with Crippen molar-refractivity contribution in [2.24, 2.45) is 0 Å². The van der Waals surface area contributed by atoms with Crippen LogP contribution in [-0.2, 0) is 0 Å². The Kier molecular flexibility index (Phi) is 4.78. The maximum absolute atomic E-state index is 13.4. The van der Waals surface area contributed by atoms with E-state index in [-0.39, 0.29) is 20.7 Å². The molecule has 1 N–H and O–H groups in total. The minimum absolute atomic E-state index is 0.0396. The van der Waals surface area contributed by atoms with Gasteiger partial charge in [0, 0.05) is 4.47 Å². The van der Waals surface area contributed by atoms with E-state index in [1.165, 1.54) is 24.3 Å². The Morgan fingerprint density at radius 1 is 1.20 bits per heavy atom. The third-order valence-electron chi connectivity index (χ3n) is 2.44. The first-order chi connectivity index (χ1) is 9.40. The van der Waals surface area contributed by atoms with Gasteiger partial charge in [0.25, 0.3) is 5.91 Å². The summed E-state index contributed by atoms with van der Waals surface area (Å²) in [7, 11) is 0. The Balaban J connectivity index is 2.36. The second-order valence-corrected chi connectivity index (χ2v) is 5.85. The normalized spacial score (nSPS) is 10.4. The van der Waals surface area contributed by atoms with Crippen molar-refractivity contribution in [2.45, 2.75) is 0 Å². The smallest absolute Gasteiger partial charge is 0.256 e. The second-order valence-electron chi connectivity index (χ2n) is 3.80. The summed E-state index contributed by atoms with van der Waals surface area (Å²) in [6.07, 6.45) is 0. The number of hydrogen-bond donors (Lipinski definition) is 1. The van der Waals surface area contributed by atoms with Crippen LogP contribution >= 0.6 is 43.5 Å². The summed E-state index contributed by atoms with van der Waals surface area (Å²) in [5.74, 6) is -1.65. The predicted molar refractivity (Wildman–Crippen MR) is 81.2 cm³/mol. The Morgan fingerprint density at radius 2 is 1.90 bits per heavy atom. The molecule has 2 aromatic rings. The lowest BCUT2D eigenvalue weighted by Crippen LogP contribution is -2.14. The lowest BCUT2D eigenvalue weighted by atomic mass is 10.2. The van der Waals surface area contributed by atoms with Gasteiger partial charge in [0.1, 0.15) is 11.6 Å². The molecule has 20 heavy (non-hydrogen) atoms. The molecule has 0 fully saturated rings. The minimum atomic E-state index is -0.564. The number of halogens is 5. The second kappa shape index (κ2) is 6.20. The molecule has 0 aliphatic carbocycles. The number of anilines is 1. The zero-order valence-electron chi connectivity index (χ0n) is 9.68. The van der Waals surface area contributed by atoms with E-state index in [1.807, 2.05) is 0 Å². The molecule has 0 aliphatic heterocycles. The van der Waals surface area contributed by atoms with Gasteiger partial charge in [-0.15, -0.1) is 0 Å². The van der Waals surface area contributed by atoms with E-state index in [4.69, 9.17) is 11.6 Å². The van der Waals surface area contributed by atoms with E-state index in [0.717, 1.165) is 6.07 Å². The van der Waals surface area contributed by atoms with Gasteiger partial charge in [0.15, 0.2) is 0 Å². The summed E-state index contributed by atoms with van der Waals surface area (Å²) in [4.78, 5) is 12.1. The minimum Gasteiger partial charge on any atom is -0.320 e. The van der Waals surface area contributed by atoms with Crippen LogP contribution in [0.5, 0.6) is 0 Å². The molecule has 0 saturated carbocycles. The number of carbonyl (C=O) groups excluding carboxylic acids is 1. The van der Waals surface area contributed by atoms with Crippen molar-refractivity contribution in [3.05, 3.63) is 61.5 Å². The van der Waals surface area contributed by atoms with Crippen LogP contribution in [0.25, 0.3) is 0 Å². The first-order valence-corrected chi connectivity index (χ1v) is 7.26. The van der Waals surface area contributed by atoms with E-state index < -0.39 is 17.5 Å². The number of rotatable bonds is 2. The monoisotopic (exact) mass is 423 g/mol. The summed E-state index contributed by atoms with van der Waals surface area (Å²) in [5.41, 5.74) is 0.325. The largest absolute Gasteiger partial charge is 0.320 e.